The summed E-state index contributed by atoms with van der Waals surface area (Å²) in [4.78, 5) is 28.4. The molecule has 184 valence electrons. The third-order valence-electron chi connectivity index (χ3n) is 5.87. The van der Waals surface area contributed by atoms with Crippen LogP contribution in [0.15, 0.2) is 88.7 Å². The first-order valence-corrected chi connectivity index (χ1v) is 13.0. The molecule has 0 aliphatic heterocycles. The molecule has 6 heteroatoms. The number of nitrogens with zero attached hydrogens (tertiary/aromatic N) is 1. The summed E-state index contributed by atoms with van der Waals surface area (Å²) in [5.74, 6) is -1.28. The number of rotatable bonds is 12. The fourth-order valence-corrected chi connectivity index (χ4v) is 4.74. The van der Waals surface area contributed by atoms with Crippen LogP contribution in [0.25, 0.3) is 0 Å². The van der Waals surface area contributed by atoms with Gasteiger partial charge in [-0.3, -0.25) is 9.69 Å². The second-order valence-electron chi connectivity index (χ2n) is 8.44. The Morgan fingerprint density at radius 1 is 0.943 bits per heavy atom. The van der Waals surface area contributed by atoms with E-state index in [1.165, 1.54) is 5.56 Å². The van der Waals surface area contributed by atoms with E-state index < -0.39 is 11.9 Å². The molecule has 0 aromatic heterocycles. The van der Waals surface area contributed by atoms with Gasteiger partial charge < -0.3 is 10.4 Å². The number of unbranched alkanes of at least 4 members (excludes halogenated alkanes) is 1. The Morgan fingerprint density at radius 3 is 2.34 bits per heavy atom. The maximum atomic E-state index is 13.1. The summed E-state index contributed by atoms with van der Waals surface area (Å²) in [7, 11) is 0. The highest BCUT2D eigenvalue weighted by Crippen LogP contribution is 2.32. The van der Waals surface area contributed by atoms with E-state index in [-0.39, 0.29) is 6.03 Å². The lowest BCUT2D eigenvalue weighted by molar-refractivity contribution is -0.138. The molecule has 1 unspecified atom stereocenters. The summed E-state index contributed by atoms with van der Waals surface area (Å²) in [6.07, 6.45) is 3.30. The van der Waals surface area contributed by atoms with Gasteiger partial charge in [0.15, 0.2) is 0 Å². The van der Waals surface area contributed by atoms with Gasteiger partial charge in [-0.2, -0.15) is 0 Å². The van der Waals surface area contributed by atoms with Gasteiger partial charge in [-0.05, 0) is 60.7 Å². The number of anilines is 1. The number of amides is 2. The van der Waals surface area contributed by atoms with Crippen molar-refractivity contribution >= 4 is 29.4 Å². The fraction of sp³-hybridized carbons (Fsp3) is 0.310. The molecule has 2 N–H and O–H groups in total. The Morgan fingerprint density at radius 2 is 1.69 bits per heavy atom. The number of urea groups is 1. The molecule has 35 heavy (non-hydrogen) atoms. The molecule has 3 rings (SSSR count). The molecule has 1 atom stereocenters. The van der Waals surface area contributed by atoms with Gasteiger partial charge in [-0.15, -0.1) is 0 Å². The summed E-state index contributed by atoms with van der Waals surface area (Å²) in [5.41, 5.74) is 2.86. The molecule has 0 aliphatic carbocycles. The zero-order valence-electron chi connectivity index (χ0n) is 20.4. The number of hydrogen-bond acceptors (Lipinski definition) is 3. The van der Waals surface area contributed by atoms with Crippen molar-refractivity contribution in [2.75, 3.05) is 18.0 Å². The van der Waals surface area contributed by atoms with Crippen molar-refractivity contribution in [1.29, 1.82) is 0 Å². The van der Waals surface area contributed by atoms with Crippen LogP contribution in [0.4, 0.5) is 10.5 Å². The third kappa shape index (κ3) is 7.89. The second-order valence-corrected chi connectivity index (χ2v) is 9.59. The van der Waals surface area contributed by atoms with Crippen molar-refractivity contribution in [1.82, 2.24) is 5.32 Å². The van der Waals surface area contributed by atoms with Crippen LogP contribution in [0.1, 0.15) is 50.2 Å². The number of carboxylic acids is 1. The molecular formula is C29H34N2O3S. The van der Waals surface area contributed by atoms with E-state index in [0.717, 1.165) is 40.3 Å². The van der Waals surface area contributed by atoms with Gasteiger partial charge in [0.1, 0.15) is 0 Å². The molecule has 0 heterocycles. The van der Waals surface area contributed by atoms with Crippen LogP contribution >= 0.6 is 11.8 Å². The maximum Gasteiger partial charge on any atom is 0.321 e. The SMILES string of the molecule is CCCCNC(=O)N(CCc1ccccc1)c1cccc(Sc2ccc(C(CC)C(=O)O)cc2)c1. The highest BCUT2D eigenvalue weighted by Gasteiger charge is 2.18. The van der Waals surface area contributed by atoms with E-state index in [2.05, 4.69) is 24.4 Å². The van der Waals surface area contributed by atoms with Gasteiger partial charge in [0.2, 0.25) is 0 Å². The summed E-state index contributed by atoms with van der Waals surface area (Å²) in [5, 5.41) is 12.5. The summed E-state index contributed by atoms with van der Waals surface area (Å²) >= 11 is 1.60. The number of hydrogen-bond donors (Lipinski definition) is 2. The van der Waals surface area contributed by atoms with E-state index in [1.54, 1.807) is 11.8 Å². The molecule has 3 aromatic rings. The first kappa shape index (κ1) is 26.4. The topological polar surface area (TPSA) is 69.6 Å². The summed E-state index contributed by atoms with van der Waals surface area (Å²) in [6, 6.07) is 25.8. The highest BCUT2D eigenvalue weighted by molar-refractivity contribution is 7.99. The van der Waals surface area contributed by atoms with E-state index in [0.29, 0.717) is 19.5 Å². The van der Waals surface area contributed by atoms with Gasteiger partial charge in [0.05, 0.1) is 5.92 Å². The number of benzene rings is 3. The molecule has 0 spiro atoms. The first-order valence-electron chi connectivity index (χ1n) is 12.2. The molecule has 0 aliphatic rings. The molecular weight excluding hydrogens is 456 g/mol. The highest BCUT2D eigenvalue weighted by atomic mass is 32.2. The number of carbonyl (C=O) groups is 2. The zero-order chi connectivity index (χ0) is 25.0. The third-order valence-corrected chi connectivity index (χ3v) is 6.87. The van der Waals surface area contributed by atoms with Gasteiger partial charge in [0.25, 0.3) is 0 Å². The average molecular weight is 491 g/mol. The summed E-state index contributed by atoms with van der Waals surface area (Å²) in [6.45, 7) is 5.23. The van der Waals surface area contributed by atoms with E-state index in [9.17, 15) is 14.7 Å². The first-order chi connectivity index (χ1) is 17.0. The Hall–Kier alpha value is -3.25. The molecule has 0 saturated heterocycles. The van der Waals surface area contributed by atoms with Gasteiger partial charge in [-0.25, -0.2) is 4.79 Å². The molecule has 2 amide bonds. The molecule has 5 nitrogen and oxygen atoms in total. The lowest BCUT2D eigenvalue weighted by Crippen LogP contribution is -2.41. The number of nitrogens with one attached hydrogen (secondary N) is 1. The minimum absolute atomic E-state index is 0.0832. The lowest BCUT2D eigenvalue weighted by Gasteiger charge is -2.24. The Kier molecular flexibility index (Phi) is 10.2. The van der Waals surface area contributed by atoms with Crippen LogP contribution in [0.2, 0.25) is 0 Å². The largest absolute Gasteiger partial charge is 0.481 e. The lowest BCUT2D eigenvalue weighted by atomic mass is 9.97. The van der Waals surface area contributed by atoms with Crippen LogP contribution in [0.5, 0.6) is 0 Å². The zero-order valence-corrected chi connectivity index (χ0v) is 21.3. The van der Waals surface area contributed by atoms with Crippen LogP contribution in [-0.2, 0) is 11.2 Å². The van der Waals surface area contributed by atoms with Crippen molar-refractivity contribution in [3.63, 3.8) is 0 Å². The number of aliphatic carboxylic acids is 1. The predicted octanol–water partition coefficient (Wildman–Crippen LogP) is 6.97. The van der Waals surface area contributed by atoms with E-state index in [1.807, 2.05) is 78.6 Å². The molecule has 0 radical (unpaired) electrons. The van der Waals surface area contributed by atoms with Crippen LogP contribution in [0, 0.1) is 0 Å². The second kappa shape index (κ2) is 13.6. The molecule has 0 fully saturated rings. The van der Waals surface area contributed by atoms with Crippen molar-refractivity contribution < 1.29 is 14.7 Å². The fourth-order valence-electron chi connectivity index (χ4n) is 3.87. The Balaban J connectivity index is 1.76. The summed E-state index contributed by atoms with van der Waals surface area (Å²) < 4.78 is 0. The number of carbonyl (C=O) groups excluding carboxylic acids is 1. The smallest absolute Gasteiger partial charge is 0.321 e. The van der Waals surface area contributed by atoms with Gasteiger partial charge in [0, 0.05) is 28.6 Å². The van der Waals surface area contributed by atoms with Crippen LogP contribution in [-0.4, -0.2) is 30.2 Å². The van der Waals surface area contributed by atoms with Crippen LogP contribution < -0.4 is 10.2 Å². The van der Waals surface area contributed by atoms with Crippen LogP contribution in [0.3, 0.4) is 0 Å². The van der Waals surface area contributed by atoms with Gasteiger partial charge in [-0.1, -0.05) is 80.6 Å². The standard InChI is InChI=1S/C29H34N2O3S/c1-3-5-19-30-29(34)31(20-18-22-10-7-6-8-11-22)24-12-9-13-26(21-24)35-25-16-14-23(15-17-25)27(4-2)28(32)33/h6-17,21,27H,3-5,18-20H2,1-2H3,(H,30,34)(H,32,33). The van der Waals surface area contributed by atoms with E-state index >= 15 is 0 Å². The number of carboxylic acid groups (broad SMARTS) is 1. The van der Waals surface area contributed by atoms with Crippen molar-refractivity contribution in [2.24, 2.45) is 0 Å². The Bertz CT molecular complexity index is 1090. The normalized spacial score (nSPS) is 11.6. The maximum absolute atomic E-state index is 13.1. The molecule has 0 bridgehead atoms. The Labute approximate surface area is 212 Å². The predicted molar refractivity (Wildman–Crippen MR) is 143 cm³/mol. The minimum Gasteiger partial charge on any atom is -0.481 e. The minimum atomic E-state index is -0.798. The molecule has 0 saturated carbocycles. The van der Waals surface area contributed by atoms with Crippen molar-refractivity contribution in [3.8, 4) is 0 Å². The average Bonchev–Trinajstić information content (AvgIpc) is 2.86. The van der Waals surface area contributed by atoms with Crippen molar-refractivity contribution in [3.05, 3.63) is 90.0 Å². The van der Waals surface area contributed by atoms with E-state index in [4.69, 9.17) is 0 Å². The molecule has 3 aromatic carbocycles. The quantitative estimate of drug-likeness (QED) is 0.269. The monoisotopic (exact) mass is 490 g/mol. The van der Waals surface area contributed by atoms with Crippen molar-refractivity contribution in [2.45, 2.75) is 55.2 Å². The van der Waals surface area contributed by atoms with Gasteiger partial charge >= 0.3 is 12.0 Å².